The van der Waals surface area contributed by atoms with E-state index in [2.05, 4.69) is 6.58 Å². The Kier molecular flexibility index (Phi) is 6.82. The Morgan fingerprint density at radius 2 is 1.57 bits per heavy atom. The van der Waals surface area contributed by atoms with Crippen molar-refractivity contribution in [2.75, 3.05) is 0 Å². The lowest BCUT2D eigenvalue weighted by molar-refractivity contribution is -0.131. The summed E-state index contributed by atoms with van der Waals surface area (Å²) in [5.74, 6) is -3.74. The summed E-state index contributed by atoms with van der Waals surface area (Å²) in [5, 5.41) is 28.4. The van der Waals surface area contributed by atoms with Crippen LogP contribution < -0.4 is 14.2 Å². The molecule has 30 heavy (non-hydrogen) atoms. The highest BCUT2D eigenvalue weighted by Crippen LogP contribution is 2.31. The van der Waals surface area contributed by atoms with Gasteiger partial charge in [-0.25, -0.2) is 14.4 Å². The predicted molar refractivity (Wildman–Crippen MR) is 104 cm³/mol. The number of hydrogen-bond acceptors (Lipinski definition) is 8. The maximum absolute atomic E-state index is 12.1. The number of rotatable bonds is 7. The molecule has 2 rings (SSSR count). The molecule has 2 aromatic carbocycles. The average molecular weight is 414 g/mol. The fourth-order valence-corrected chi connectivity index (χ4v) is 1.99. The van der Waals surface area contributed by atoms with E-state index < -0.39 is 29.2 Å². The molecule has 0 aliphatic heterocycles. The first-order chi connectivity index (χ1) is 14.1. The van der Waals surface area contributed by atoms with Gasteiger partial charge in [-0.1, -0.05) is 6.58 Å². The van der Waals surface area contributed by atoms with Crippen LogP contribution in [-0.2, 0) is 9.59 Å². The zero-order valence-corrected chi connectivity index (χ0v) is 16.0. The molecule has 0 aliphatic rings. The lowest BCUT2D eigenvalue weighted by atomic mass is 10.2. The third kappa shape index (κ3) is 5.61. The number of ether oxygens (including phenoxy) is 3. The van der Waals surface area contributed by atoms with Crippen LogP contribution in [-0.4, -0.2) is 33.2 Å². The number of phenolic OH excluding ortho intramolecular Hbond substituents is 1. The minimum Gasteiger partial charge on any atom is -0.507 e. The fourth-order valence-electron chi connectivity index (χ4n) is 1.99. The molecule has 0 bridgehead atoms. The summed E-state index contributed by atoms with van der Waals surface area (Å²) in [7, 11) is 0. The molecule has 0 aromatic heterocycles. The van der Waals surface area contributed by atoms with E-state index in [0.717, 1.165) is 18.4 Å². The van der Waals surface area contributed by atoms with Gasteiger partial charge in [-0.2, -0.15) is 0 Å². The SMILES string of the molecule is C=C(C)C(=O)Oc1ccc(O/C=C(\C)C(=O)Oc2ccc(O)c(C(=O)O)c2)cc1O. The van der Waals surface area contributed by atoms with Gasteiger partial charge in [0.05, 0.1) is 5.57 Å². The quantitative estimate of drug-likeness (QED) is 0.270. The zero-order chi connectivity index (χ0) is 22.4. The van der Waals surface area contributed by atoms with Crippen molar-refractivity contribution in [2.24, 2.45) is 0 Å². The van der Waals surface area contributed by atoms with Gasteiger partial charge in [0.2, 0.25) is 0 Å². The highest BCUT2D eigenvalue weighted by molar-refractivity contribution is 5.92. The van der Waals surface area contributed by atoms with Crippen LogP contribution in [0.5, 0.6) is 28.7 Å². The van der Waals surface area contributed by atoms with E-state index in [-0.39, 0.29) is 34.1 Å². The molecule has 0 radical (unpaired) electrons. The molecule has 0 spiro atoms. The van der Waals surface area contributed by atoms with Crippen molar-refractivity contribution in [2.45, 2.75) is 13.8 Å². The Labute approximate surface area is 171 Å². The molecule has 0 fully saturated rings. The Bertz CT molecular complexity index is 1050. The Balaban J connectivity index is 2.05. The summed E-state index contributed by atoms with van der Waals surface area (Å²) < 4.78 is 15.3. The molecule has 9 nitrogen and oxygen atoms in total. The molecule has 0 amide bonds. The maximum atomic E-state index is 12.1. The van der Waals surface area contributed by atoms with Crippen molar-refractivity contribution in [3.05, 3.63) is 65.9 Å². The van der Waals surface area contributed by atoms with Crippen LogP contribution in [0, 0.1) is 0 Å². The number of carboxylic acids is 1. The van der Waals surface area contributed by atoms with Gasteiger partial charge in [-0.05, 0) is 44.2 Å². The van der Waals surface area contributed by atoms with Gasteiger partial charge in [-0.3, -0.25) is 0 Å². The van der Waals surface area contributed by atoms with Crippen molar-refractivity contribution in [1.82, 2.24) is 0 Å². The van der Waals surface area contributed by atoms with Crippen LogP contribution in [0.2, 0.25) is 0 Å². The summed E-state index contributed by atoms with van der Waals surface area (Å²) in [6, 6.07) is 7.21. The summed E-state index contributed by atoms with van der Waals surface area (Å²) in [6.07, 6.45) is 1.06. The smallest absolute Gasteiger partial charge is 0.342 e. The predicted octanol–water partition coefficient (Wildman–Crippen LogP) is 3.17. The third-order valence-electron chi connectivity index (χ3n) is 3.58. The van der Waals surface area contributed by atoms with Crippen LogP contribution in [0.15, 0.2) is 60.4 Å². The molecular formula is C21H18O9. The first-order valence-corrected chi connectivity index (χ1v) is 8.41. The van der Waals surface area contributed by atoms with Gasteiger partial charge >= 0.3 is 17.9 Å². The minimum atomic E-state index is -1.38. The van der Waals surface area contributed by atoms with E-state index in [1.54, 1.807) is 0 Å². The molecule has 0 atom stereocenters. The van der Waals surface area contributed by atoms with Crippen molar-refractivity contribution < 1.29 is 43.9 Å². The topological polar surface area (TPSA) is 140 Å². The third-order valence-corrected chi connectivity index (χ3v) is 3.58. The minimum absolute atomic E-state index is 0.0252. The maximum Gasteiger partial charge on any atom is 0.342 e. The molecule has 3 N–H and O–H groups in total. The van der Waals surface area contributed by atoms with E-state index in [1.807, 2.05) is 0 Å². The Hall–Kier alpha value is -4.27. The number of carbonyl (C=O) groups is 3. The number of hydrogen-bond donors (Lipinski definition) is 3. The van der Waals surface area contributed by atoms with Crippen molar-refractivity contribution in [3.8, 4) is 28.7 Å². The molecular weight excluding hydrogens is 396 g/mol. The molecule has 156 valence electrons. The molecule has 0 heterocycles. The Morgan fingerprint density at radius 1 is 0.900 bits per heavy atom. The van der Waals surface area contributed by atoms with E-state index in [0.29, 0.717) is 0 Å². The highest BCUT2D eigenvalue weighted by atomic mass is 16.5. The monoisotopic (exact) mass is 414 g/mol. The van der Waals surface area contributed by atoms with Gasteiger partial charge in [-0.15, -0.1) is 0 Å². The first-order valence-electron chi connectivity index (χ1n) is 8.41. The van der Waals surface area contributed by atoms with E-state index in [1.165, 1.54) is 38.1 Å². The highest BCUT2D eigenvalue weighted by Gasteiger charge is 2.15. The molecule has 9 heteroatoms. The summed E-state index contributed by atoms with van der Waals surface area (Å²) in [5.41, 5.74) is -0.228. The number of esters is 2. The van der Waals surface area contributed by atoms with E-state index in [9.17, 15) is 24.6 Å². The van der Waals surface area contributed by atoms with Crippen molar-refractivity contribution in [3.63, 3.8) is 0 Å². The van der Waals surface area contributed by atoms with E-state index in [4.69, 9.17) is 19.3 Å². The normalized spacial score (nSPS) is 10.8. The van der Waals surface area contributed by atoms with Crippen LogP contribution in [0.3, 0.4) is 0 Å². The Morgan fingerprint density at radius 3 is 2.17 bits per heavy atom. The molecule has 0 aliphatic carbocycles. The number of phenols is 2. The molecule has 0 saturated carbocycles. The van der Waals surface area contributed by atoms with Gasteiger partial charge in [0.1, 0.15) is 29.1 Å². The molecule has 0 unspecified atom stereocenters. The van der Waals surface area contributed by atoms with Crippen LogP contribution >= 0.6 is 0 Å². The van der Waals surface area contributed by atoms with Gasteiger partial charge in [0.15, 0.2) is 11.5 Å². The van der Waals surface area contributed by atoms with Crippen molar-refractivity contribution >= 4 is 17.9 Å². The van der Waals surface area contributed by atoms with Crippen LogP contribution in [0.25, 0.3) is 0 Å². The van der Waals surface area contributed by atoms with Gasteiger partial charge < -0.3 is 29.5 Å². The zero-order valence-electron chi connectivity index (χ0n) is 16.0. The number of carboxylic acid groups (broad SMARTS) is 1. The van der Waals surface area contributed by atoms with Gasteiger partial charge in [0.25, 0.3) is 0 Å². The molecule has 0 saturated heterocycles. The second-order valence-electron chi connectivity index (χ2n) is 6.09. The van der Waals surface area contributed by atoms with E-state index >= 15 is 0 Å². The van der Waals surface area contributed by atoms with Gasteiger partial charge in [0, 0.05) is 11.6 Å². The average Bonchev–Trinajstić information content (AvgIpc) is 2.68. The summed E-state index contributed by atoms with van der Waals surface area (Å²) in [4.78, 5) is 34.6. The largest absolute Gasteiger partial charge is 0.507 e. The number of aromatic carboxylic acids is 1. The van der Waals surface area contributed by atoms with Crippen LogP contribution in [0.1, 0.15) is 24.2 Å². The number of carbonyl (C=O) groups excluding carboxylic acids is 2. The van der Waals surface area contributed by atoms with Crippen molar-refractivity contribution in [1.29, 1.82) is 0 Å². The lowest BCUT2D eigenvalue weighted by Gasteiger charge is -2.09. The number of aromatic hydroxyl groups is 2. The number of benzene rings is 2. The molecule has 2 aromatic rings. The second-order valence-corrected chi connectivity index (χ2v) is 6.09. The summed E-state index contributed by atoms with van der Waals surface area (Å²) >= 11 is 0. The fraction of sp³-hybridized carbons (Fsp3) is 0.0952. The standard InChI is InChI=1S/C21H18O9/c1-11(2)20(26)30-18-7-5-13(9-17(18)23)28-10-12(3)21(27)29-14-4-6-16(22)15(8-14)19(24)25/h4-10,22-23H,1H2,2-3H3,(H,24,25)/b12-10+. The summed E-state index contributed by atoms with van der Waals surface area (Å²) in [6.45, 7) is 6.29. The lowest BCUT2D eigenvalue weighted by Crippen LogP contribution is -2.10. The van der Waals surface area contributed by atoms with Crippen LogP contribution in [0.4, 0.5) is 0 Å². The second kappa shape index (κ2) is 9.28. The first kappa shape index (κ1) is 22.0.